The van der Waals surface area contributed by atoms with Gasteiger partial charge < -0.3 is 10.1 Å². The second kappa shape index (κ2) is 5.52. The molecule has 0 aliphatic carbocycles. The van der Waals surface area contributed by atoms with Gasteiger partial charge >= 0.3 is 0 Å². The second-order valence-corrected chi connectivity index (χ2v) is 6.04. The van der Waals surface area contributed by atoms with Crippen molar-refractivity contribution in [2.24, 2.45) is 0 Å². The molecule has 2 aromatic heterocycles. The third kappa shape index (κ3) is 2.24. The number of rotatable bonds is 2. The Bertz CT molecular complexity index is 909. The molecule has 4 rings (SSSR count). The maximum atomic E-state index is 13.6. The zero-order valence-corrected chi connectivity index (χ0v) is 13.0. The van der Waals surface area contributed by atoms with E-state index in [-0.39, 0.29) is 5.75 Å². The summed E-state index contributed by atoms with van der Waals surface area (Å²) in [6, 6.07) is 7.53. The van der Waals surface area contributed by atoms with Crippen molar-refractivity contribution in [3.63, 3.8) is 0 Å². The fourth-order valence-electron chi connectivity index (χ4n) is 3.38. The maximum absolute atomic E-state index is 13.6. The van der Waals surface area contributed by atoms with E-state index in [9.17, 15) is 13.9 Å². The summed E-state index contributed by atoms with van der Waals surface area (Å²) in [5, 5.41) is 18.9. The van der Waals surface area contributed by atoms with Crippen molar-refractivity contribution in [3.05, 3.63) is 41.6 Å². The summed E-state index contributed by atoms with van der Waals surface area (Å²) in [6.45, 7) is 0.564. The Hall–Kier alpha value is -2.54. The van der Waals surface area contributed by atoms with E-state index in [2.05, 4.69) is 15.2 Å². The van der Waals surface area contributed by atoms with Gasteiger partial charge in [0.05, 0.1) is 11.7 Å². The quantitative estimate of drug-likeness (QED) is 0.758. The summed E-state index contributed by atoms with van der Waals surface area (Å²) in [4.78, 5) is 4.79. The molecular weight excluding hydrogens is 314 g/mol. The molecule has 0 saturated carbocycles. The highest BCUT2D eigenvalue weighted by Crippen LogP contribution is 2.39. The molecule has 0 radical (unpaired) electrons. The zero-order chi connectivity index (χ0) is 16.8. The van der Waals surface area contributed by atoms with Gasteiger partial charge in [-0.3, -0.25) is 4.90 Å². The van der Waals surface area contributed by atoms with Crippen molar-refractivity contribution < 1.29 is 13.9 Å². The van der Waals surface area contributed by atoms with Crippen molar-refractivity contribution in [3.8, 4) is 17.0 Å². The lowest BCUT2D eigenvalue weighted by molar-refractivity contribution is 0.0322. The number of aromatic amines is 1. The highest BCUT2D eigenvalue weighted by atomic mass is 19.3. The average molecular weight is 330 g/mol. The van der Waals surface area contributed by atoms with E-state index in [0.717, 1.165) is 5.69 Å². The number of benzene rings is 1. The molecule has 0 fully saturated rings. The number of hydrogen-bond donors (Lipinski definition) is 2. The minimum atomic E-state index is -2.49. The van der Waals surface area contributed by atoms with Gasteiger partial charge in [0.1, 0.15) is 5.75 Å². The van der Waals surface area contributed by atoms with Gasteiger partial charge in [0.25, 0.3) is 6.43 Å². The first-order valence-electron chi connectivity index (χ1n) is 7.71. The second-order valence-electron chi connectivity index (χ2n) is 6.04. The highest BCUT2D eigenvalue weighted by Gasteiger charge is 2.35. The van der Waals surface area contributed by atoms with Crippen molar-refractivity contribution in [1.29, 1.82) is 0 Å². The number of aromatic hydroxyl groups is 1. The van der Waals surface area contributed by atoms with Crippen LogP contribution in [-0.2, 0) is 6.42 Å². The fraction of sp³-hybridized carbons (Fsp3) is 0.294. The van der Waals surface area contributed by atoms with Crippen LogP contribution in [0.1, 0.15) is 17.3 Å². The number of fused-ring (bicyclic) bond motifs is 3. The Morgan fingerprint density at radius 1 is 1.29 bits per heavy atom. The van der Waals surface area contributed by atoms with Crippen LogP contribution in [0.4, 0.5) is 8.78 Å². The molecule has 0 saturated heterocycles. The molecule has 7 heteroatoms. The van der Waals surface area contributed by atoms with Crippen LogP contribution < -0.4 is 0 Å². The third-order valence-corrected chi connectivity index (χ3v) is 4.58. The van der Waals surface area contributed by atoms with Crippen LogP contribution in [0, 0.1) is 0 Å². The van der Waals surface area contributed by atoms with Gasteiger partial charge in [-0.05, 0) is 25.2 Å². The summed E-state index contributed by atoms with van der Waals surface area (Å²) < 4.78 is 27.2. The molecule has 1 aromatic carbocycles. The van der Waals surface area contributed by atoms with Crippen molar-refractivity contribution in [2.75, 3.05) is 13.6 Å². The molecule has 24 heavy (non-hydrogen) atoms. The zero-order valence-electron chi connectivity index (χ0n) is 13.0. The minimum Gasteiger partial charge on any atom is -0.507 e. The lowest BCUT2D eigenvalue weighted by Crippen LogP contribution is -2.35. The van der Waals surface area contributed by atoms with Gasteiger partial charge in [-0.2, -0.15) is 0 Å². The summed E-state index contributed by atoms with van der Waals surface area (Å²) in [5.74, 6) is 0.0816. The van der Waals surface area contributed by atoms with Crippen LogP contribution in [0.5, 0.6) is 5.75 Å². The van der Waals surface area contributed by atoms with Crippen LogP contribution >= 0.6 is 0 Å². The topological polar surface area (TPSA) is 65.0 Å². The number of para-hydroxylation sites is 1. The van der Waals surface area contributed by atoms with Crippen molar-refractivity contribution >= 4 is 11.0 Å². The summed E-state index contributed by atoms with van der Waals surface area (Å²) in [5.41, 5.74) is 2.86. The molecule has 1 aliphatic heterocycles. The van der Waals surface area contributed by atoms with Gasteiger partial charge in [-0.1, -0.05) is 12.1 Å². The molecule has 0 amide bonds. The van der Waals surface area contributed by atoms with E-state index in [1.165, 1.54) is 0 Å². The van der Waals surface area contributed by atoms with Crippen molar-refractivity contribution in [1.82, 2.24) is 20.1 Å². The average Bonchev–Trinajstić information content (AvgIpc) is 2.92. The van der Waals surface area contributed by atoms with E-state index in [1.54, 1.807) is 42.3 Å². The number of aromatic nitrogens is 3. The predicted molar refractivity (Wildman–Crippen MR) is 86.1 cm³/mol. The van der Waals surface area contributed by atoms with Crippen LogP contribution in [0.25, 0.3) is 22.3 Å². The molecule has 1 aliphatic rings. The van der Waals surface area contributed by atoms with E-state index in [0.29, 0.717) is 40.8 Å². The Kier molecular flexibility index (Phi) is 3.45. The van der Waals surface area contributed by atoms with Crippen LogP contribution in [-0.4, -0.2) is 45.2 Å². The van der Waals surface area contributed by atoms with E-state index < -0.39 is 12.5 Å². The van der Waals surface area contributed by atoms with E-state index in [4.69, 9.17) is 0 Å². The van der Waals surface area contributed by atoms with Crippen LogP contribution in [0.15, 0.2) is 30.3 Å². The molecule has 0 bridgehead atoms. The number of phenols is 1. The lowest BCUT2D eigenvalue weighted by atomic mass is 9.96. The van der Waals surface area contributed by atoms with E-state index in [1.807, 2.05) is 0 Å². The summed E-state index contributed by atoms with van der Waals surface area (Å²) in [6.07, 6.45) is -1.83. The maximum Gasteiger partial charge on any atom is 0.258 e. The van der Waals surface area contributed by atoms with Crippen molar-refractivity contribution in [2.45, 2.75) is 18.9 Å². The van der Waals surface area contributed by atoms with Crippen LogP contribution in [0.2, 0.25) is 0 Å². The summed E-state index contributed by atoms with van der Waals surface area (Å²) in [7, 11) is 1.71. The standard InChI is InChI=1S/C17H16F2N4O/c1-23-7-6-11-14(15(23)16(18)19)10-8-12(21-22-17(10)20-11)9-4-2-3-5-13(9)24/h2-5,8,15-16,24H,6-7H2,1H3,(H,20,22)/t15-/m0/s1. The molecule has 3 aromatic rings. The SMILES string of the molecule is CN1CCc2[nH]c3nnc(-c4ccccc4O)cc3c2[C@H]1C(F)F. The summed E-state index contributed by atoms with van der Waals surface area (Å²) >= 11 is 0. The molecule has 0 unspecified atom stereocenters. The molecule has 5 nitrogen and oxygen atoms in total. The molecule has 124 valence electrons. The fourth-order valence-corrected chi connectivity index (χ4v) is 3.38. The number of H-pyrrole nitrogens is 1. The minimum absolute atomic E-state index is 0.0816. The third-order valence-electron chi connectivity index (χ3n) is 4.58. The Morgan fingerprint density at radius 2 is 2.08 bits per heavy atom. The highest BCUT2D eigenvalue weighted by molar-refractivity contribution is 5.86. The molecule has 3 heterocycles. The first-order valence-corrected chi connectivity index (χ1v) is 7.71. The number of nitrogens with zero attached hydrogens (tertiary/aromatic N) is 3. The van der Waals surface area contributed by atoms with Gasteiger partial charge in [-0.25, -0.2) is 8.78 Å². The Morgan fingerprint density at radius 3 is 2.83 bits per heavy atom. The normalized spacial score (nSPS) is 18.2. The predicted octanol–water partition coefficient (Wildman–Crippen LogP) is 3.12. The van der Waals surface area contributed by atoms with E-state index >= 15 is 0 Å². The van der Waals surface area contributed by atoms with Crippen LogP contribution in [0.3, 0.4) is 0 Å². The first kappa shape index (κ1) is 15.0. The van der Waals surface area contributed by atoms with Gasteiger partial charge in [0.15, 0.2) is 5.65 Å². The molecule has 0 spiro atoms. The molecule has 1 atom stereocenters. The monoisotopic (exact) mass is 330 g/mol. The number of phenolic OH excluding ortho intramolecular Hbond substituents is 1. The first-order chi connectivity index (χ1) is 11.6. The number of nitrogens with one attached hydrogen (secondary N) is 1. The molecule has 2 N–H and O–H groups in total. The Balaban J connectivity index is 1.93. The van der Waals surface area contributed by atoms with Gasteiger partial charge in [0, 0.05) is 35.2 Å². The number of alkyl halides is 2. The largest absolute Gasteiger partial charge is 0.507 e. The number of hydrogen-bond acceptors (Lipinski definition) is 4. The van der Waals surface area contributed by atoms with Gasteiger partial charge in [-0.15, -0.1) is 10.2 Å². The number of halogens is 2. The smallest absolute Gasteiger partial charge is 0.258 e. The number of likely N-dealkylation sites (N-methyl/N-ethyl adjacent to an activating group) is 1. The lowest BCUT2D eigenvalue weighted by Gasteiger charge is -2.32. The van der Waals surface area contributed by atoms with Gasteiger partial charge in [0.2, 0.25) is 0 Å². The molecular formula is C17H16F2N4O. The Labute approximate surface area is 136 Å².